The zero-order valence-corrected chi connectivity index (χ0v) is 12.9. The van der Waals surface area contributed by atoms with Gasteiger partial charge in [0.05, 0.1) is 0 Å². The van der Waals surface area contributed by atoms with Gasteiger partial charge in [0.25, 0.3) is 5.91 Å². The quantitative estimate of drug-likeness (QED) is 0.797. The predicted molar refractivity (Wildman–Crippen MR) is 85.8 cm³/mol. The van der Waals surface area contributed by atoms with Crippen molar-refractivity contribution in [2.75, 3.05) is 5.32 Å². The van der Waals surface area contributed by atoms with Gasteiger partial charge in [0.15, 0.2) is 0 Å². The largest absolute Gasteiger partial charge is 0.349 e. The van der Waals surface area contributed by atoms with E-state index in [0.29, 0.717) is 29.8 Å². The van der Waals surface area contributed by atoms with Crippen molar-refractivity contribution in [2.24, 2.45) is 0 Å². The lowest BCUT2D eigenvalue weighted by Crippen LogP contribution is -2.48. The Labute approximate surface area is 130 Å². The molecule has 3 N–H and O–H groups in total. The highest BCUT2D eigenvalue weighted by molar-refractivity contribution is 5.97. The van der Waals surface area contributed by atoms with Crippen molar-refractivity contribution in [1.29, 1.82) is 0 Å². The van der Waals surface area contributed by atoms with Crippen LogP contribution in [0.2, 0.25) is 0 Å². The lowest BCUT2D eigenvalue weighted by Gasteiger charge is -2.29. The zero-order chi connectivity index (χ0) is 15.5. The Morgan fingerprint density at radius 1 is 1.23 bits per heavy atom. The molecule has 0 radical (unpaired) electrons. The highest BCUT2D eigenvalue weighted by Crippen LogP contribution is 2.27. The molecule has 2 aliphatic heterocycles. The van der Waals surface area contributed by atoms with E-state index in [4.69, 9.17) is 0 Å². The first-order chi connectivity index (χ1) is 10.6. The fourth-order valence-electron chi connectivity index (χ4n) is 3.43. The Kier molecular flexibility index (Phi) is 4.43. The second-order valence-electron chi connectivity index (χ2n) is 6.26. The number of rotatable bonds is 4. The Morgan fingerprint density at radius 3 is 2.64 bits per heavy atom. The molecule has 2 amide bonds. The van der Waals surface area contributed by atoms with Gasteiger partial charge in [-0.1, -0.05) is 13.0 Å². The number of hydrogen-bond donors (Lipinski definition) is 3. The maximum Gasteiger partial charge on any atom is 0.251 e. The lowest BCUT2D eigenvalue weighted by molar-refractivity contribution is -0.115. The molecule has 2 fully saturated rings. The van der Waals surface area contributed by atoms with E-state index in [9.17, 15) is 9.59 Å². The third-order valence-electron chi connectivity index (χ3n) is 4.54. The third kappa shape index (κ3) is 3.47. The average molecular weight is 301 g/mol. The molecule has 2 heterocycles. The van der Waals surface area contributed by atoms with Gasteiger partial charge in [-0.05, 0) is 43.9 Å². The summed E-state index contributed by atoms with van der Waals surface area (Å²) in [7, 11) is 0. The van der Waals surface area contributed by atoms with E-state index in [2.05, 4.69) is 16.0 Å². The number of anilines is 1. The number of nitrogens with one attached hydrogen (secondary N) is 3. The van der Waals surface area contributed by atoms with Crippen LogP contribution < -0.4 is 16.0 Å². The molecular formula is C17H23N3O2. The monoisotopic (exact) mass is 301 g/mol. The number of fused-ring (bicyclic) bond motifs is 2. The van der Waals surface area contributed by atoms with Gasteiger partial charge in [0.1, 0.15) is 0 Å². The van der Waals surface area contributed by atoms with Crippen LogP contribution in [0.3, 0.4) is 0 Å². The van der Waals surface area contributed by atoms with E-state index in [-0.39, 0.29) is 17.9 Å². The number of carbonyl (C=O) groups is 2. The van der Waals surface area contributed by atoms with Crippen molar-refractivity contribution in [3.63, 3.8) is 0 Å². The van der Waals surface area contributed by atoms with Gasteiger partial charge < -0.3 is 16.0 Å². The van der Waals surface area contributed by atoms with E-state index < -0.39 is 0 Å². The number of hydrogen-bond acceptors (Lipinski definition) is 3. The average Bonchev–Trinajstić information content (AvgIpc) is 2.86. The lowest BCUT2D eigenvalue weighted by atomic mass is 9.99. The summed E-state index contributed by atoms with van der Waals surface area (Å²) in [6.07, 6.45) is 4.88. The summed E-state index contributed by atoms with van der Waals surface area (Å²) in [5.41, 5.74) is 1.27. The van der Waals surface area contributed by atoms with Crippen LogP contribution in [0.25, 0.3) is 0 Å². The smallest absolute Gasteiger partial charge is 0.251 e. The fourth-order valence-corrected chi connectivity index (χ4v) is 3.43. The summed E-state index contributed by atoms with van der Waals surface area (Å²) >= 11 is 0. The molecule has 1 aromatic carbocycles. The van der Waals surface area contributed by atoms with Gasteiger partial charge in [-0.15, -0.1) is 0 Å². The van der Waals surface area contributed by atoms with Crippen molar-refractivity contribution >= 4 is 17.5 Å². The second kappa shape index (κ2) is 6.48. The van der Waals surface area contributed by atoms with Crippen LogP contribution in [0, 0.1) is 0 Å². The third-order valence-corrected chi connectivity index (χ3v) is 4.54. The van der Waals surface area contributed by atoms with Gasteiger partial charge in [0.2, 0.25) is 5.91 Å². The minimum Gasteiger partial charge on any atom is -0.349 e. The van der Waals surface area contributed by atoms with Crippen LogP contribution in [0.5, 0.6) is 0 Å². The molecule has 3 rings (SSSR count). The van der Waals surface area contributed by atoms with Crippen molar-refractivity contribution < 1.29 is 9.59 Å². The number of carbonyl (C=O) groups excluding carboxylic acids is 2. The van der Waals surface area contributed by atoms with Crippen LogP contribution >= 0.6 is 0 Å². The molecule has 22 heavy (non-hydrogen) atoms. The SMILES string of the molecule is CCC(=O)Nc1cccc(C(=O)NC2CC3CCC(C2)N3)c1. The number of benzene rings is 1. The standard InChI is InChI=1S/C17H23N3O2/c1-2-16(21)19-12-5-3-4-11(8-12)17(22)20-15-9-13-6-7-14(10-15)18-13/h3-5,8,13-15,18H,2,6-7,9-10H2,1H3,(H,19,21)(H,20,22). The zero-order valence-electron chi connectivity index (χ0n) is 12.9. The van der Waals surface area contributed by atoms with Crippen LogP contribution in [-0.2, 0) is 4.79 Å². The van der Waals surface area contributed by atoms with Crippen molar-refractivity contribution in [1.82, 2.24) is 10.6 Å². The molecule has 2 aliphatic rings. The summed E-state index contributed by atoms with van der Waals surface area (Å²) in [6, 6.07) is 8.48. The highest BCUT2D eigenvalue weighted by atomic mass is 16.2. The fraction of sp³-hybridized carbons (Fsp3) is 0.529. The minimum atomic E-state index is -0.0566. The van der Waals surface area contributed by atoms with Gasteiger partial charge in [-0.25, -0.2) is 0 Å². The van der Waals surface area contributed by atoms with Crippen LogP contribution in [0.1, 0.15) is 49.4 Å². The van der Waals surface area contributed by atoms with Crippen LogP contribution in [-0.4, -0.2) is 29.9 Å². The molecule has 0 aromatic heterocycles. The van der Waals surface area contributed by atoms with Crippen molar-refractivity contribution in [3.8, 4) is 0 Å². The highest BCUT2D eigenvalue weighted by Gasteiger charge is 2.34. The summed E-state index contributed by atoms with van der Waals surface area (Å²) in [5.74, 6) is -0.105. The van der Waals surface area contributed by atoms with Gasteiger partial charge in [-0.3, -0.25) is 9.59 Å². The summed E-state index contributed by atoms with van der Waals surface area (Å²) in [4.78, 5) is 23.8. The van der Waals surface area contributed by atoms with E-state index in [0.717, 1.165) is 12.8 Å². The molecule has 2 bridgehead atoms. The molecule has 2 unspecified atom stereocenters. The minimum absolute atomic E-state index is 0.0486. The Morgan fingerprint density at radius 2 is 1.95 bits per heavy atom. The molecular weight excluding hydrogens is 278 g/mol. The Bertz CT molecular complexity index is 561. The molecule has 0 spiro atoms. The first-order valence-corrected chi connectivity index (χ1v) is 8.11. The summed E-state index contributed by atoms with van der Waals surface area (Å²) in [6.45, 7) is 1.80. The van der Waals surface area contributed by atoms with Crippen LogP contribution in [0.15, 0.2) is 24.3 Å². The summed E-state index contributed by atoms with van der Waals surface area (Å²) in [5, 5.41) is 9.50. The molecule has 5 nitrogen and oxygen atoms in total. The first kappa shape index (κ1) is 15.0. The van der Waals surface area contributed by atoms with E-state index in [1.165, 1.54) is 12.8 Å². The molecule has 5 heteroatoms. The summed E-state index contributed by atoms with van der Waals surface area (Å²) < 4.78 is 0. The predicted octanol–water partition coefficient (Wildman–Crippen LogP) is 2.05. The van der Waals surface area contributed by atoms with Gasteiger partial charge in [-0.2, -0.15) is 0 Å². The normalized spacial score (nSPS) is 26.5. The Hall–Kier alpha value is -1.88. The maximum atomic E-state index is 12.4. The van der Waals surface area contributed by atoms with E-state index in [1.54, 1.807) is 31.2 Å². The molecule has 0 saturated carbocycles. The molecule has 118 valence electrons. The first-order valence-electron chi connectivity index (χ1n) is 8.11. The molecule has 1 aromatic rings. The van der Waals surface area contributed by atoms with Crippen molar-refractivity contribution in [3.05, 3.63) is 29.8 Å². The number of piperidine rings is 1. The van der Waals surface area contributed by atoms with Crippen LogP contribution in [0.4, 0.5) is 5.69 Å². The topological polar surface area (TPSA) is 70.2 Å². The van der Waals surface area contributed by atoms with E-state index in [1.807, 2.05) is 0 Å². The van der Waals surface area contributed by atoms with E-state index >= 15 is 0 Å². The number of amides is 2. The molecule has 0 aliphatic carbocycles. The van der Waals surface area contributed by atoms with Gasteiger partial charge >= 0.3 is 0 Å². The maximum absolute atomic E-state index is 12.4. The Balaban J connectivity index is 1.62. The second-order valence-corrected chi connectivity index (χ2v) is 6.26. The van der Waals surface area contributed by atoms with Crippen molar-refractivity contribution in [2.45, 2.75) is 57.2 Å². The molecule has 2 saturated heterocycles. The molecule has 2 atom stereocenters. The van der Waals surface area contributed by atoms with Gasteiger partial charge in [0, 0.05) is 35.8 Å².